The smallest absolute Gasteiger partial charge is 0.224 e. The molecule has 0 unspecified atom stereocenters. The molecule has 0 bridgehead atoms. The Balaban J connectivity index is 2.46. The highest BCUT2D eigenvalue weighted by Gasteiger charge is 2.01. The normalized spacial score (nSPS) is 10.4. The van der Waals surface area contributed by atoms with Crippen LogP contribution >= 0.6 is 0 Å². The molecule has 1 heterocycles. The van der Waals surface area contributed by atoms with E-state index in [1.54, 1.807) is 0 Å². The van der Waals surface area contributed by atoms with Gasteiger partial charge >= 0.3 is 0 Å². The average Bonchev–Trinajstić information content (AvgIpc) is 2.34. The van der Waals surface area contributed by atoms with Crippen molar-refractivity contribution in [3.05, 3.63) is 11.8 Å². The van der Waals surface area contributed by atoms with E-state index >= 15 is 0 Å². The van der Waals surface area contributed by atoms with Crippen LogP contribution in [0, 0.1) is 6.92 Å². The van der Waals surface area contributed by atoms with Crippen LogP contribution in [-0.2, 0) is 0 Å². The Kier molecular flexibility index (Phi) is 7.14. The van der Waals surface area contributed by atoms with Crippen LogP contribution in [0.25, 0.3) is 0 Å². The van der Waals surface area contributed by atoms with Crippen LogP contribution in [0.1, 0.15) is 51.6 Å². The lowest BCUT2D eigenvalue weighted by Crippen LogP contribution is -2.09. The van der Waals surface area contributed by atoms with Gasteiger partial charge in [-0.2, -0.15) is 4.98 Å². The number of aryl methyl sites for hydroxylation is 1. The second-order valence-corrected chi connectivity index (χ2v) is 4.63. The van der Waals surface area contributed by atoms with E-state index in [1.165, 1.54) is 25.7 Å². The predicted octanol–water partition coefficient (Wildman–Crippen LogP) is 3.60. The molecular formula is C14H26N4. The Morgan fingerprint density at radius 1 is 0.944 bits per heavy atom. The van der Waals surface area contributed by atoms with Crippen molar-refractivity contribution in [3.8, 4) is 0 Å². The van der Waals surface area contributed by atoms with Gasteiger partial charge in [0.2, 0.25) is 5.95 Å². The summed E-state index contributed by atoms with van der Waals surface area (Å²) >= 11 is 0. The highest BCUT2D eigenvalue weighted by atomic mass is 15.1. The third-order valence-corrected chi connectivity index (χ3v) is 2.75. The van der Waals surface area contributed by atoms with Crippen molar-refractivity contribution in [1.82, 2.24) is 9.97 Å². The highest BCUT2D eigenvalue weighted by molar-refractivity contribution is 5.41. The molecule has 0 aromatic carbocycles. The van der Waals surface area contributed by atoms with Gasteiger partial charge in [0.15, 0.2) is 0 Å². The summed E-state index contributed by atoms with van der Waals surface area (Å²) in [4.78, 5) is 8.86. The Morgan fingerprint density at radius 2 is 1.67 bits per heavy atom. The minimum atomic E-state index is 0.737. The summed E-state index contributed by atoms with van der Waals surface area (Å²) in [7, 11) is 0. The largest absolute Gasteiger partial charge is 0.370 e. The van der Waals surface area contributed by atoms with Crippen LogP contribution < -0.4 is 10.6 Å². The van der Waals surface area contributed by atoms with Crippen LogP contribution in [0.2, 0.25) is 0 Å². The molecule has 0 radical (unpaired) electrons. The molecule has 4 nitrogen and oxygen atoms in total. The van der Waals surface area contributed by atoms with E-state index in [9.17, 15) is 0 Å². The van der Waals surface area contributed by atoms with Crippen molar-refractivity contribution in [1.29, 1.82) is 0 Å². The second kappa shape index (κ2) is 8.72. The number of hydrogen-bond donors (Lipinski definition) is 2. The van der Waals surface area contributed by atoms with Crippen molar-refractivity contribution in [3.63, 3.8) is 0 Å². The van der Waals surface area contributed by atoms with Gasteiger partial charge in [0.05, 0.1) is 0 Å². The van der Waals surface area contributed by atoms with Gasteiger partial charge in [-0.15, -0.1) is 0 Å². The summed E-state index contributed by atoms with van der Waals surface area (Å²) in [5.41, 5.74) is 1.00. The fourth-order valence-electron chi connectivity index (χ4n) is 1.71. The number of nitrogens with one attached hydrogen (secondary N) is 2. The molecule has 0 aliphatic heterocycles. The monoisotopic (exact) mass is 250 g/mol. The van der Waals surface area contributed by atoms with E-state index in [4.69, 9.17) is 0 Å². The van der Waals surface area contributed by atoms with E-state index in [0.29, 0.717) is 0 Å². The highest BCUT2D eigenvalue weighted by Crippen LogP contribution is 2.10. The Labute approximate surface area is 111 Å². The summed E-state index contributed by atoms with van der Waals surface area (Å²) in [5.74, 6) is 1.67. The van der Waals surface area contributed by atoms with Gasteiger partial charge in [0.1, 0.15) is 5.82 Å². The van der Waals surface area contributed by atoms with Gasteiger partial charge in [-0.25, -0.2) is 4.98 Å². The first-order valence-electron chi connectivity index (χ1n) is 7.09. The summed E-state index contributed by atoms with van der Waals surface area (Å²) in [6.45, 7) is 8.32. The number of hydrogen-bond acceptors (Lipinski definition) is 4. The molecule has 0 saturated heterocycles. The Bertz CT molecular complexity index is 339. The van der Waals surface area contributed by atoms with E-state index < -0.39 is 0 Å². The van der Waals surface area contributed by atoms with E-state index in [0.717, 1.165) is 37.0 Å². The van der Waals surface area contributed by atoms with Gasteiger partial charge in [-0.3, -0.25) is 0 Å². The van der Waals surface area contributed by atoms with E-state index in [-0.39, 0.29) is 0 Å². The maximum atomic E-state index is 4.47. The average molecular weight is 250 g/mol. The minimum Gasteiger partial charge on any atom is -0.370 e. The van der Waals surface area contributed by atoms with Crippen LogP contribution in [0.3, 0.4) is 0 Å². The number of unbranched alkanes of at least 4 members (excludes halogenated alkanes) is 3. The molecule has 1 aromatic heterocycles. The van der Waals surface area contributed by atoms with Crippen molar-refractivity contribution < 1.29 is 0 Å². The predicted molar refractivity (Wildman–Crippen MR) is 78.2 cm³/mol. The third kappa shape index (κ3) is 5.84. The molecule has 0 spiro atoms. The third-order valence-electron chi connectivity index (χ3n) is 2.75. The molecule has 1 aromatic rings. The molecule has 1 rings (SSSR count). The number of nitrogens with zero attached hydrogens (tertiary/aromatic N) is 2. The second-order valence-electron chi connectivity index (χ2n) is 4.63. The van der Waals surface area contributed by atoms with Gasteiger partial charge in [-0.05, 0) is 19.8 Å². The number of aromatic nitrogens is 2. The zero-order valence-corrected chi connectivity index (χ0v) is 11.9. The molecule has 0 aliphatic carbocycles. The van der Waals surface area contributed by atoms with E-state index in [2.05, 4.69) is 34.4 Å². The van der Waals surface area contributed by atoms with Crippen molar-refractivity contribution in [2.45, 2.75) is 52.9 Å². The molecule has 0 fully saturated rings. The molecule has 0 amide bonds. The van der Waals surface area contributed by atoms with Gasteiger partial charge in [0, 0.05) is 24.8 Å². The van der Waals surface area contributed by atoms with Crippen molar-refractivity contribution >= 4 is 11.8 Å². The lowest BCUT2D eigenvalue weighted by Gasteiger charge is -2.09. The summed E-state index contributed by atoms with van der Waals surface area (Å²) < 4.78 is 0. The Morgan fingerprint density at radius 3 is 2.39 bits per heavy atom. The number of rotatable bonds is 9. The zero-order valence-electron chi connectivity index (χ0n) is 11.9. The molecule has 102 valence electrons. The Hall–Kier alpha value is -1.32. The van der Waals surface area contributed by atoms with Crippen LogP contribution in [0.15, 0.2) is 6.07 Å². The first-order chi connectivity index (χ1) is 8.76. The summed E-state index contributed by atoms with van der Waals surface area (Å²) in [6.07, 6.45) is 6.03. The van der Waals surface area contributed by atoms with E-state index in [1.807, 2.05) is 13.0 Å². The summed E-state index contributed by atoms with van der Waals surface area (Å²) in [6, 6.07) is 2.00. The molecule has 2 N–H and O–H groups in total. The van der Waals surface area contributed by atoms with Crippen LogP contribution in [0.5, 0.6) is 0 Å². The quantitative estimate of drug-likeness (QED) is 0.657. The van der Waals surface area contributed by atoms with Crippen molar-refractivity contribution in [2.75, 3.05) is 23.7 Å². The standard InChI is InChI=1S/C14H26N4/c1-4-6-8-10-15-13-11-12(3)17-14(18-13)16-9-7-5-2/h11H,4-10H2,1-3H3,(H2,15,16,17,18). The fourth-order valence-corrected chi connectivity index (χ4v) is 1.71. The molecular weight excluding hydrogens is 224 g/mol. The van der Waals surface area contributed by atoms with Crippen LogP contribution in [0.4, 0.5) is 11.8 Å². The molecule has 4 heteroatoms. The van der Waals surface area contributed by atoms with Gasteiger partial charge in [-0.1, -0.05) is 33.1 Å². The zero-order chi connectivity index (χ0) is 13.2. The molecule has 18 heavy (non-hydrogen) atoms. The fraction of sp³-hybridized carbons (Fsp3) is 0.714. The first-order valence-corrected chi connectivity index (χ1v) is 7.09. The molecule has 0 saturated carbocycles. The maximum absolute atomic E-state index is 4.47. The minimum absolute atomic E-state index is 0.737. The number of anilines is 2. The lowest BCUT2D eigenvalue weighted by atomic mass is 10.2. The van der Waals surface area contributed by atoms with Gasteiger partial charge < -0.3 is 10.6 Å². The van der Waals surface area contributed by atoms with Crippen LogP contribution in [-0.4, -0.2) is 23.1 Å². The molecule has 0 atom stereocenters. The molecule has 0 aliphatic rings. The van der Waals surface area contributed by atoms with Crippen molar-refractivity contribution in [2.24, 2.45) is 0 Å². The maximum Gasteiger partial charge on any atom is 0.224 e. The van der Waals surface area contributed by atoms with Gasteiger partial charge in [0.25, 0.3) is 0 Å². The summed E-state index contributed by atoms with van der Waals surface area (Å²) in [5, 5.41) is 6.63. The lowest BCUT2D eigenvalue weighted by molar-refractivity contribution is 0.742. The topological polar surface area (TPSA) is 49.8 Å². The first kappa shape index (κ1) is 14.7. The SMILES string of the molecule is CCCCCNc1cc(C)nc(NCCCC)n1.